The first-order valence-electron chi connectivity index (χ1n) is 7.65. The van der Waals surface area contributed by atoms with E-state index in [0.29, 0.717) is 30.9 Å². The molecule has 6 heteroatoms. The van der Waals surface area contributed by atoms with Gasteiger partial charge in [0.2, 0.25) is 11.8 Å². The fraction of sp³-hybridized carbons (Fsp3) is 0.222. The Bertz CT molecular complexity index is 702. The Morgan fingerprint density at radius 3 is 2.33 bits per heavy atom. The number of benzene rings is 2. The third kappa shape index (κ3) is 6.18. The Kier molecular flexibility index (Phi) is 6.45. The van der Waals surface area contributed by atoms with Crippen LogP contribution < -0.4 is 16.0 Å². The van der Waals surface area contributed by atoms with Crippen molar-refractivity contribution in [3.63, 3.8) is 0 Å². The lowest BCUT2D eigenvalue weighted by molar-refractivity contribution is -0.116. The molecule has 2 aromatic rings. The minimum Gasteiger partial charge on any atom is -0.326 e. The number of carbonyl (C=O) groups is 2. The van der Waals surface area contributed by atoms with Crippen molar-refractivity contribution in [1.82, 2.24) is 5.32 Å². The van der Waals surface area contributed by atoms with Gasteiger partial charge in [0.05, 0.1) is 0 Å². The fourth-order valence-electron chi connectivity index (χ4n) is 2.14. The van der Waals surface area contributed by atoms with Gasteiger partial charge in [-0.2, -0.15) is 0 Å². The molecule has 0 aliphatic rings. The molecular weight excluding hydrogens is 309 g/mol. The van der Waals surface area contributed by atoms with Crippen molar-refractivity contribution < 1.29 is 14.0 Å². The Hall–Kier alpha value is -2.73. The number of hydrogen-bond donors (Lipinski definition) is 3. The Balaban J connectivity index is 1.73. The first-order valence-corrected chi connectivity index (χ1v) is 7.65. The van der Waals surface area contributed by atoms with E-state index in [4.69, 9.17) is 0 Å². The second-order valence-electron chi connectivity index (χ2n) is 5.36. The third-order valence-electron chi connectivity index (χ3n) is 3.24. The van der Waals surface area contributed by atoms with Gasteiger partial charge in [-0.1, -0.05) is 18.2 Å². The summed E-state index contributed by atoms with van der Waals surface area (Å²) in [6.07, 6.45) is 0.311. The molecule has 0 saturated heterocycles. The Labute approximate surface area is 140 Å². The molecular formula is C18H20FN3O2. The molecule has 0 fully saturated rings. The molecule has 2 aromatic carbocycles. The molecule has 3 N–H and O–H groups in total. The second-order valence-corrected chi connectivity index (χ2v) is 5.36. The third-order valence-corrected chi connectivity index (χ3v) is 3.24. The molecule has 0 aliphatic carbocycles. The van der Waals surface area contributed by atoms with E-state index < -0.39 is 0 Å². The molecule has 0 radical (unpaired) electrons. The van der Waals surface area contributed by atoms with Gasteiger partial charge in [-0.25, -0.2) is 4.39 Å². The van der Waals surface area contributed by atoms with E-state index in [0.717, 1.165) is 5.56 Å². The SMILES string of the molecule is CC(=O)Nc1cccc(NC(=O)CCNCc2ccc(F)cc2)c1. The average molecular weight is 329 g/mol. The summed E-state index contributed by atoms with van der Waals surface area (Å²) < 4.78 is 12.8. The lowest BCUT2D eigenvalue weighted by Gasteiger charge is -2.08. The molecule has 0 aromatic heterocycles. The summed E-state index contributed by atoms with van der Waals surface area (Å²) in [5.41, 5.74) is 2.22. The zero-order valence-corrected chi connectivity index (χ0v) is 13.4. The monoisotopic (exact) mass is 329 g/mol. The molecule has 5 nitrogen and oxygen atoms in total. The predicted octanol–water partition coefficient (Wildman–Crippen LogP) is 2.90. The zero-order valence-electron chi connectivity index (χ0n) is 13.4. The number of rotatable bonds is 7. The van der Waals surface area contributed by atoms with E-state index in [9.17, 15) is 14.0 Å². The van der Waals surface area contributed by atoms with Crippen LogP contribution in [0, 0.1) is 5.82 Å². The van der Waals surface area contributed by atoms with Crippen LogP contribution in [-0.2, 0) is 16.1 Å². The van der Waals surface area contributed by atoms with Crippen LogP contribution >= 0.6 is 0 Å². The minimum atomic E-state index is -0.264. The molecule has 126 valence electrons. The van der Waals surface area contributed by atoms with Gasteiger partial charge in [0.1, 0.15) is 5.82 Å². The van der Waals surface area contributed by atoms with Gasteiger partial charge in [0.25, 0.3) is 0 Å². The van der Waals surface area contributed by atoms with Gasteiger partial charge in [-0.05, 0) is 35.9 Å². The van der Waals surface area contributed by atoms with Crippen molar-refractivity contribution in [2.24, 2.45) is 0 Å². The van der Waals surface area contributed by atoms with E-state index >= 15 is 0 Å². The van der Waals surface area contributed by atoms with Crippen molar-refractivity contribution in [2.45, 2.75) is 19.9 Å². The summed E-state index contributed by atoms with van der Waals surface area (Å²) >= 11 is 0. The van der Waals surface area contributed by atoms with Gasteiger partial charge < -0.3 is 16.0 Å². The summed E-state index contributed by atoms with van der Waals surface area (Å²) in [6, 6.07) is 13.2. The van der Waals surface area contributed by atoms with Crippen LogP contribution in [0.5, 0.6) is 0 Å². The Morgan fingerprint density at radius 1 is 1.00 bits per heavy atom. The van der Waals surface area contributed by atoms with Crippen LogP contribution in [-0.4, -0.2) is 18.4 Å². The fourth-order valence-corrected chi connectivity index (χ4v) is 2.14. The molecule has 0 bridgehead atoms. The highest BCUT2D eigenvalue weighted by Crippen LogP contribution is 2.15. The normalized spacial score (nSPS) is 10.2. The second kappa shape index (κ2) is 8.79. The maximum absolute atomic E-state index is 12.8. The van der Waals surface area contributed by atoms with E-state index in [2.05, 4.69) is 16.0 Å². The van der Waals surface area contributed by atoms with Crippen LogP contribution in [0.25, 0.3) is 0 Å². The molecule has 2 amide bonds. The largest absolute Gasteiger partial charge is 0.326 e. The summed E-state index contributed by atoms with van der Waals surface area (Å²) in [7, 11) is 0. The number of halogens is 1. The van der Waals surface area contributed by atoms with Crippen LogP contribution in [0.1, 0.15) is 18.9 Å². The van der Waals surface area contributed by atoms with Gasteiger partial charge in [-0.15, -0.1) is 0 Å². The minimum absolute atomic E-state index is 0.124. The van der Waals surface area contributed by atoms with Crippen molar-refractivity contribution in [3.05, 3.63) is 59.9 Å². The van der Waals surface area contributed by atoms with Crippen LogP contribution in [0.4, 0.5) is 15.8 Å². The van der Waals surface area contributed by atoms with Gasteiger partial charge in [0.15, 0.2) is 0 Å². The topological polar surface area (TPSA) is 70.2 Å². The van der Waals surface area contributed by atoms with Gasteiger partial charge >= 0.3 is 0 Å². The van der Waals surface area contributed by atoms with Crippen molar-refractivity contribution >= 4 is 23.2 Å². The molecule has 2 rings (SSSR count). The first-order chi connectivity index (χ1) is 11.5. The molecule has 24 heavy (non-hydrogen) atoms. The van der Waals surface area contributed by atoms with E-state index in [-0.39, 0.29) is 17.6 Å². The maximum Gasteiger partial charge on any atom is 0.225 e. The van der Waals surface area contributed by atoms with Gasteiger partial charge in [0, 0.05) is 37.8 Å². The lowest BCUT2D eigenvalue weighted by Crippen LogP contribution is -2.21. The standard InChI is InChI=1S/C18H20FN3O2/c1-13(23)21-16-3-2-4-17(11-16)22-18(24)9-10-20-12-14-5-7-15(19)8-6-14/h2-8,11,20H,9-10,12H2,1H3,(H,21,23)(H,22,24). The number of nitrogens with one attached hydrogen (secondary N) is 3. The highest BCUT2D eigenvalue weighted by Gasteiger charge is 2.04. The first kappa shape index (κ1) is 17.6. The predicted molar refractivity (Wildman–Crippen MR) is 92.1 cm³/mol. The number of carbonyl (C=O) groups excluding carboxylic acids is 2. The lowest BCUT2D eigenvalue weighted by atomic mass is 10.2. The summed E-state index contributed by atoms with van der Waals surface area (Å²) in [5.74, 6) is -0.551. The van der Waals surface area contributed by atoms with Crippen molar-refractivity contribution in [3.8, 4) is 0 Å². The Morgan fingerprint density at radius 2 is 1.67 bits per heavy atom. The maximum atomic E-state index is 12.8. The van der Waals surface area contributed by atoms with Crippen LogP contribution in [0.3, 0.4) is 0 Å². The molecule has 0 heterocycles. The van der Waals surface area contributed by atoms with E-state index in [1.54, 1.807) is 36.4 Å². The average Bonchev–Trinajstić information content (AvgIpc) is 2.53. The van der Waals surface area contributed by atoms with Gasteiger partial charge in [-0.3, -0.25) is 9.59 Å². The highest BCUT2D eigenvalue weighted by molar-refractivity contribution is 5.93. The van der Waals surface area contributed by atoms with Crippen molar-refractivity contribution in [2.75, 3.05) is 17.2 Å². The quantitative estimate of drug-likeness (QED) is 0.684. The summed E-state index contributed by atoms with van der Waals surface area (Å²) in [4.78, 5) is 22.9. The summed E-state index contributed by atoms with van der Waals surface area (Å²) in [6.45, 7) is 2.51. The molecule has 0 saturated carbocycles. The number of hydrogen-bond acceptors (Lipinski definition) is 3. The van der Waals surface area contributed by atoms with Crippen LogP contribution in [0.2, 0.25) is 0 Å². The smallest absolute Gasteiger partial charge is 0.225 e. The molecule has 0 aliphatic heterocycles. The molecule has 0 atom stereocenters. The zero-order chi connectivity index (χ0) is 17.4. The number of anilines is 2. The molecule has 0 unspecified atom stereocenters. The van der Waals surface area contributed by atoms with Crippen molar-refractivity contribution in [1.29, 1.82) is 0 Å². The number of amides is 2. The molecule has 0 spiro atoms. The van der Waals surface area contributed by atoms with E-state index in [1.807, 2.05) is 0 Å². The van der Waals surface area contributed by atoms with Crippen LogP contribution in [0.15, 0.2) is 48.5 Å². The highest BCUT2D eigenvalue weighted by atomic mass is 19.1. The summed E-state index contributed by atoms with van der Waals surface area (Å²) in [5, 5.41) is 8.58. The van der Waals surface area contributed by atoms with E-state index in [1.165, 1.54) is 19.1 Å².